The van der Waals surface area contributed by atoms with Gasteiger partial charge >= 0.3 is 0 Å². The van der Waals surface area contributed by atoms with E-state index >= 15 is 0 Å². The SMILES string of the molecule is CCn1ccc(CN(C)C(=O)c2cccc(COc3ccc(C(C)(C)C)cc3)c2)n1. The number of carbonyl (C=O) groups excluding carboxylic acids is 1. The number of aromatic nitrogens is 2. The summed E-state index contributed by atoms with van der Waals surface area (Å²) < 4.78 is 7.79. The van der Waals surface area contributed by atoms with E-state index < -0.39 is 0 Å². The second-order valence-corrected chi connectivity index (χ2v) is 8.59. The normalized spacial score (nSPS) is 11.4. The van der Waals surface area contributed by atoms with Crippen molar-refractivity contribution in [2.45, 2.75) is 52.8 Å². The average Bonchev–Trinajstić information content (AvgIpc) is 3.19. The first-order chi connectivity index (χ1) is 14.3. The Kier molecular flexibility index (Phi) is 6.60. The highest BCUT2D eigenvalue weighted by Gasteiger charge is 2.15. The van der Waals surface area contributed by atoms with Gasteiger partial charge in [0.15, 0.2) is 0 Å². The molecule has 1 amide bonds. The molecule has 0 aliphatic heterocycles. The number of carbonyl (C=O) groups is 1. The van der Waals surface area contributed by atoms with E-state index in [-0.39, 0.29) is 11.3 Å². The Balaban J connectivity index is 1.61. The molecule has 0 saturated heterocycles. The fourth-order valence-corrected chi connectivity index (χ4v) is 3.21. The minimum Gasteiger partial charge on any atom is -0.489 e. The van der Waals surface area contributed by atoms with Crippen molar-refractivity contribution in [1.82, 2.24) is 14.7 Å². The van der Waals surface area contributed by atoms with E-state index in [0.717, 1.165) is 23.6 Å². The van der Waals surface area contributed by atoms with Gasteiger partial charge in [-0.2, -0.15) is 5.10 Å². The van der Waals surface area contributed by atoms with E-state index in [1.54, 1.807) is 11.9 Å². The van der Waals surface area contributed by atoms with Crippen molar-refractivity contribution in [3.63, 3.8) is 0 Å². The van der Waals surface area contributed by atoms with Crippen LogP contribution in [0.1, 0.15) is 54.9 Å². The molecule has 0 atom stereocenters. The first kappa shape index (κ1) is 21.6. The zero-order valence-corrected chi connectivity index (χ0v) is 18.6. The second-order valence-electron chi connectivity index (χ2n) is 8.59. The van der Waals surface area contributed by atoms with Crippen molar-refractivity contribution in [2.24, 2.45) is 0 Å². The van der Waals surface area contributed by atoms with Gasteiger partial charge in [0, 0.05) is 25.4 Å². The topological polar surface area (TPSA) is 47.4 Å². The molecule has 3 aromatic rings. The fourth-order valence-electron chi connectivity index (χ4n) is 3.21. The predicted octanol–water partition coefficient (Wildman–Crippen LogP) is 5.05. The molecule has 0 unspecified atom stereocenters. The fraction of sp³-hybridized carbons (Fsp3) is 0.360. The molecule has 1 heterocycles. The Morgan fingerprint density at radius 1 is 1.10 bits per heavy atom. The summed E-state index contributed by atoms with van der Waals surface area (Å²) in [7, 11) is 1.80. The van der Waals surface area contributed by atoms with Gasteiger partial charge in [0.05, 0.1) is 12.2 Å². The molecular formula is C25H31N3O2. The zero-order valence-electron chi connectivity index (χ0n) is 18.6. The van der Waals surface area contributed by atoms with Gasteiger partial charge < -0.3 is 9.64 Å². The molecule has 0 aliphatic rings. The van der Waals surface area contributed by atoms with E-state index in [9.17, 15) is 4.79 Å². The molecule has 0 aliphatic carbocycles. The molecule has 158 valence electrons. The van der Waals surface area contributed by atoms with Gasteiger partial charge in [-0.3, -0.25) is 9.48 Å². The summed E-state index contributed by atoms with van der Waals surface area (Å²) in [5.74, 6) is 0.792. The van der Waals surface area contributed by atoms with Crippen LogP contribution in [0.2, 0.25) is 0 Å². The lowest BCUT2D eigenvalue weighted by molar-refractivity contribution is 0.0783. The van der Waals surface area contributed by atoms with Crippen LogP contribution in [0, 0.1) is 0 Å². The van der Waals surface area contributed by atoms with Gasteiger partial charge in [0.2, 0.25) is 0 Å². The zero-order chi connectivity index (χ0) is 21.7. The maximum atomic E-state index is 12.8. The van der Waals surface area contributed by atoms with E-state index in [2.05, 4.69) is 38.0 Å². The quantitative estimate of drug-likeness (QED) is 0.552. The van der Waals surface area contributed by atoms with Crippen molar-refractivity contribution >= 4 is 5.91 Å². The van der Waals surface area contributed by atoms with Crippen LogP contribution in [0.15, 0.2) is 60.8 Å². The Morgan fingerprint density at radius 2 is 1.83 bits per heavy atom. The van der Waals surface area contributed by atoms with Gasteiger partial charge in [-0.25, -0.2) is 0 Å². The van der Waals surface area contributed by atoms with Gasteiger partial charge in [-0.1, -0.05) is 45.0 Å². The van der Waals surface area contributed by atoms with Crippen molar-refractivity contribution < 1.29 is 9.53 Å². The van der Waals surface area contributed by atoms with Crippen LogP contribution >= 0.6 is 0 Å². The molecule has 0 saturated carbocycles. The molecule has 0 fully saturated rings. The number of nitrogens with zero attached hydrogens (tertiary/aromatic N) is 3. The summed E-state index contributed by atoms with van der Waals surface area (Å²) in [4.78, 5) is 14.5. The minimum absolute atomic E-state index is 0.0302. The van der Waals surface area contributed by atoms with Crippen molar-refractivity contribution in [3.8, 4) is 5.75 Å². The molecule has 2 aromatic carbocycles. The molecule has 5 nitrogen and oxygen atoms in total. The first-order valence-electron chi connectivity index (χ1n) is 10.4. The number of hydrogen-bond acceptors (Lipinski definition) is 3. The Bertz CT molecular complexity index is 984. The van der Waals surface area contributed by atoms with Crippen LogP contribution in [0.4, 0.5) is 0 Å². The van der Waals surface area contributed by atoms with Crippen LogP contribution < -0.4 is 4.74 Å². The highest BCUT2D eigenvalue weighted by atomic mass is 16.5. The third-order valence-corrected chi connectivity index (χ3v) is 5.07. The minimum atomic E-state index is -0.0302. The monoisotopic (exact) mass is 405 g/mol. The number of amides is 1. The maximum absolute atomic E-state index is 12.8. The molecule has 1 aromatic heterocycles. The predicted molar refractivity (Wildman–Crippen MR) is 120 cm³/mol. The maximum Gasteiger partial charge on any atom is 0.253 e. The molecule has 5 heteroatoms. The van der Waals surface area contributed by atoms with Gasteiger partial charge in [-0.05, 0) is 53.8 Å². The van der Waals surface area contributed by atoms with Crippen molar-refractivity contribution in [3.05, 3.63) is 83.2 Å². The molecular weight excluding hydrogens is 374 g/mol. The average molecular weight is 406 g/mol. The Hall–Kier alpha value is -3.08. The van der Waals surface area contributed by atoms with Crippen molar-refractivity contribution in [2.75, 3.05) is 7.05 Å². The summed E-state index contributed by atoms with van der Waals surface area (Å²) in [5, 5.41) is 4.45. The Labute approximate surface area is 179 Å². The summed E-state index contributed by atoms with van der Waals surface area (Å²) in [6.07, 6.45) is 1.93. The van der Waals surface area contributed by atoms with Crippen LogP contribution in [0.25, 0.3) is 0 Å². The van der Waals surface area contributed by atoms with Crippen LogP contribution in [0.3, 0.4) is 0 Å². The number of hydrogen-bond donors (Lipinski definition) is 0. The molecule has 0 radical (unpaired) electrons. The molecule has 30 heavy (non-hydrogen) atoms. The molecule has 0 bridgehead atoms. The second kappa shape index (κ2) is 9.16. The number of ether oxygens (including phenoxy) is 1. The van der Waals surface area contributed by atoms with E-state index in [0.29, 0.717) is 18.7 Å². The third-order valence-electron chi connectivity index (χ3n) is 5.07. The van der Waals surface area contributed by atoms with E-state index in [4.69, 9.17) is 4.74 Å². The number of benzene rings is 2. The van der Waals surface area contributed by atoms with Crippen LogP contribution in [-0.4, -0.2) is 27.6 Å². The highest BCUT2D eigenvalue weighted by molar-refractivity contribution is 5.94. The lowest BCUT2D eigenvalue weighted by atomic mass is 9.87. The standard InChI is InChI=1S/C25H31N3O2/c1-6-28-15-14-22(26-28)17-27(5)24(29)20-9-7-8-19(16-20)18-30-23-12-10-21(11-13-23)25(2,3)4/h7-16H,6,17-18H2,1-5H3. The Morgan fingerprint density at radius 3 is 2.47 bits per heavy atom. The summed E-state index contributed by atoms with van der Waals surface area (Å²) in [5.41, 5.74) is 3.88. The summed E-state index contributed by atoms with van der Waals surface area (Å²) in [6, 6.07) is 17.8. The highest BCUT2D eigenvalue weighted by Crippen LogP contribution is 2.24. The first-order valence-corrected chi connectivity index (χ1v) is 10.4. The lowest BCUT2D eigenvalue weighted by Crippen LogP contribution is -2.26. The number of rotatable bonds is 7. The number of aryl methyl sites for hydroxylation is 1. The summed E-state index contributed by atoms with van der Waals surface area (Å²) >= 11 is 0. The molecule has 3 rings (SSSR count). The lowest BCUT2D eigenvalue weighted by Gasteiger charge is -2.19. The van der Waals surface area contributed by atoms with Crippen molar-refractivity contribution in [1.29, 1.82) is 0 Å². The van der Waals surface area contributed by atoms with Gasteiger partial charge in [-0.15, -0.1) is 0 Å². The smallest absolute Gasteiger partial charge is 0.253 e. The van der Waals surface area contributed by atoms with Gasteiger partial charge in [0.25, 0.3) is 5.91 Å². The van der Waals surface area contributed by atoms with Crippen LogP contribution in [0.5, 0.6) is 5.75 Å². The summed E-state index contributed by atoms with van der Waals surface area (Å²) in [6.45, 7) is 10.3. The third kappa shape index (κ3) is 5.50. The van der Waals surface area contributed by atoms with Gasteiger partial charge in [0.1, 0.15) is 12.4 Å². The molecule has 0 spiro atoms. The largest absolute Gasteiger partial charge is 0.489 e. The van der Waals surface area contributed by atoms with Crippen LogP contribution in [-0.2, 0) is 25.1 Å². The van der Waals surface area contributed by atoms with E-state index in [1.165, 1.54) is 5.56 Å². The molecule has 0 N–H and O–H groups in total. The van der Waals surface area contributed by atoms with E-state index in [1.807, 2.05) is 60.3 Å².